The molecular weight excluding hydrogens is 721 g/mol. The van der Waals surface area contributed by atoms with Crippen molar-refractivity contribution in [2.24, 2.45) is 0 Å². The van der Waals surface area contributed by atoms with E-state index in [9.17, 15) is 15.0 Å². The van der Waals surface area contributed by atoms with Crippen LogP contribution in [0.1, 0.15) is 27.0 Å². The van der Waals surface area contributed by atoms with E-state index in [4.69, 9.17) is 9.47 Å². The summed E-state index contributed by atoms with van der Waals surface area (Å²) in [5, 5.41) is 20.5. The number of rotatable bonds is 0. The second kappa shape index (κ2) is 5.95. The molecule has 3 aromatic carbocycles. The van der Waals surface area contributed by atoms with E-state index in [1.807, 2.05) is 18.2 Å². The predicted octanol–water partition coefficient (Wildman–Crippen LogP) is 2.01. The van der Waals surface area contributed by atoms with Crippen LogP contribution in [0, 0.1) is 0 Å². The molecule has 0 fully saturated rings. The molecule has 3 aromatic rings. The van der Waals surface area contributed by atoms with Crippen molar-refractivity contribution in [1.82, 2.24) is 0 Å². The Morgan fingerprint density at radius 3 is 1.93 bits per heavy atom. The Balaban J connectivity index is 1.96. The first-order valence-corrected chi connectivity index (χ1v) is 13.8. The van der Waals surface area contributed by atoms with E-state index in [2.05, 4.69) is 0 Å². The van der Waals surface area contributed by atoms with Crippen molar-refractivity contribution in [1.29, 1.82) is 0 Å². The number of phenols is 2. The summed E-state index contributed by atoms with van der Waals surface area (Å²) in [5.41, 5.74) is 1.60. The van der Waals surface area contributed by atoms with Gasteiger partial charge in [0, 0.05) is 0 Å². The van der Waals surface area contributed by atoms with Crippen molar-refractivity contribution in [2.75, 3.05) is 0 Å². The molecule has 0 amide bonds. The van der Waals surface area contributed by atoms with Gasteiger partial charge < -0.3 is 0 Å². The van der Waals surface area contributed by atoms with Gasteiger partial charge in [0.05, 0.1) is 0 Å². The fraction of sp³-hybridized carbons (Fsp3) is 0.0500. The quantitative estimate of drug-likeness (QED) is 0.274. The van der Waals surface area contributed by atoms with E-state index in [-0.39, 0.29) is 69.7 Å². The van der Waals surface area contributed by atoms with E-state index in [0.717, 1.165) is 22.8 Å². The number of aromatic hydroxyl groups is 2. The van der Waals surface area contributed by atoms with Crippen LogP contribution in [0.4, 0.5) is 0 Å². The number of benzene rings is 3. The molecular formula is C20H10Hg2O5+2. The third kappa shape index (κ3) is 2.21. The monoisotopic (exact) mass is 734 g/mol. The van der Waals surface area contributed by atoms with Gasteiger partial charge in [-0.15, -0.1) is 0 Å². The van der Waals surface area contributed by atoms with Crippen LogP contribution in [0.2, 0.25) is 0 Å². The van der Waals surface area contributed by atoms with E-state index in [1.54, 1.807) is 30.3 Å². The van der Waals surface area contributed by atoms with Crippen molar-refractivity contribution in [3.8, 4) is 23.0 Å². The molecule has 0 saturated carbocycles. The Labute approximate surface area is 186 Å². The number of carbonyl (C=O) groups excluding carboxylic acids is 1. The molecule has 27 heavy (non-hydrogen) atoms. The van der Waals surface area contributed by atoms with Crippen molar-refractivity contribution < 1.29 is 76.7 Å². The zero-order valence-electron chi connectivity index (χ0n) is 14.2. The molecule has 0 aliphatic carbocycles. The Bertz CT molecular complexity index is 1100. The first-order valence-electron chi connectivity index (χ1n) is 8.32. The molecule has 2 aliphatic rings. The van der Waals surface area contributed by atoms with Gasteiger partial charge in [0.1, 0.15) is 0 Å². The molecule has 2 N–H and O–H groups in total. The van der Waals surface area contributed by atoms with Crippen LogP contribution >= 0.6 is 0 Å². The number of hydrogen-bond donors (Lipinski definition) is 2. The Kier molecular flexibility index (Phi) is 3.85. The summed E-state index contributed by atoms with van der Waals surface area (Å²) in [7, 11) is 0. The van der Waals surface area contributed by atoms with Gasteiger partial charge in [-0.1, -0.05) is 0 Å². The summed E-state index contributed by atoms with van der Waals surface area (Å²) in [6.07, 6.45) is 0. The number of hydrogen-bond acceptors (Lipinski definition) is 5. The molecule has 2 aliphatic heterocycles. The van der Waals surface area contributed by atoms with Crippen molar-refractivity contribution >= 4 is 12.1 Å². The third-order valence-electron chi connectivity index (χ3n) is 5.21. The minimum atomic E-state index is -1.12. The van der Waals surface area contributed by atoms with E-state index in [1.165, 1.54) is 0 Å². The Morgan fingerprint density at radius 2 is 1.33 bits per heavy atom. The van der Waals surface area contributed by atoms with E-state index < -0.39 is 5.60 Å². The fourth-order valence-corrected chi connectivity index (χ4v) is 6.85. The van der Waals surface area contributed by atoms with Crippen LogP contribution < -0.4 is 10.9 Å². The molecule has 0 atom stereocenters. The summed E-state index contributed by atoms with van der Waals surface area (Å²) in [6.45, 7) is 0. The molecule has 2 heterocycles. The summed E-state index contributed by atoms with van der Waals surface area (Å²) in [5.74, 6) is 1.09. The van der Waals surface area contributed by atoms with E-state index in [0.29, 0.717) is 17.1 Å². The number of carbonyl (C=O) groups is 1. The van der Waals surface area contributed by atoms with Crippen LogP contribution in [0.5, 0.6) is 23.0 Å². The molecule has 0 aromatic heterocycles. The second-order valence-electron chi connectivity index (χ2n) is 6.60. The van der Waals surface area contributed by atoms with Crippen LogP contribution in [-0.2, 0) is 62.6 Å². The summed E-state index contributed by atoms with van der Waals surface area (Å²) in [6, 6.07) is 14.2. The maximum absolute atomic E-state index is 12.7. The first-order chi connectivity index (χ1) is 12.9. The minimum absolute atomic E-state index is 0.0747. The second-order valence-corrected chi connectivity index (χ2v) is 12.1. The summed E-state index contributed by atoms with van der Waals surface area (Å²) in [4.78, 5) is 12.7. The van der Waals surface area contributed by atoms with E-state index >= 15 is 0 Å². The normalized spacial score (nSPS) is 15.6. The summed E-state index contributed by atoms with van der Waals surface area (Å²) < 4.78 is 13.8. The summed E-state index contributed by atoms with van der Waals surface area (Å²) >= 11 is 0.149. The molecule has 0 unspecified atom stereocenters. The first kappa shape index (κ1) is 17.5. The molecule has 0 bridgehead atoms. The topological polar surface area (TPSA) is 76.0 Å². The predicted molar refractivity (Wildman–Crippen MR) is 87.3 cm³/mol. The van der Waals surface area contributed by atoms with Gasteiger partial charge in [-0.25, -0.2) is 0 Å². The third-order valence-corrected chi connectivity index (χ3v) is 10.5. The standard InChI is InChI=1S/C20H10O5.2Hg/c21-11-5-7-15-17(9-11)24-18-10-12(22)6-8-16(18)20(15)14-4-2-1-3-13(14)19(23)25-20;;/h1-8,21-22H;;/q;2*+1. The van der Waals surface area contributed by atoms with Gasteiger partial charge in [-0.3, -0.25) is 0 Å². The maximum atomic E-state index is 12.7. The van der Waals surface area contributed by atoms with Crippen molar-refractivity contribution in [2.45, 2.75) is 5.60 Å². The van der Waals surface area contributed by atoms with Crippen LogP contribution in [-0.4, -0.2) is 16.2 Å². The zero-order chi connectivity index (χ0) is 18.9. The Hall–Kier alpha value is -1.60. The van der Waals surface area contributed by atoms with Crippen molar-refractivity contribution in [3.05, 3.63) is 70.8 Å². The number of ether oxygens (including phenoxy) is 2. The molecule has 122 valence electrons. The van der Waals surface area contributed by atoms with Crippen molar-refractivity contribution in [3.63, 3.8) is 0 Å². The van der Waals surface area contributed by atoms with Gasteiger partial charge in [-0.2, -0.15) is 0 Å². The Morgan fingerprint density at radius 1 is 0.778 bits per heavy atom. The SMILES string of the molecule is O=C1OC2(c3ccccc31)c1ccc(O)[c]([Hg+])c1Oc1c2ccc(O)[c]1[Hg+]. The van der Waals surface area contributed by atoms with Gasteiger partial charge in [0.15, 0.2) is 0 Å². The zero-order valence-corrected chi connectivity index (χ0v) is 25.1. The number of phenolic OH excluding ortho intramolecular Hbond substituents is 2. The van der Waals surface area contributed by atoms with Gasteiger partial charge >= 0.3 is 188 Å². The molecule has 5 nitrogen and oxygen atoms in total. The fourth-order valence-electron chi connectivity index (χ4n) is 3.89. The van der Waals surface area contributed by atoms with Crippen LogP contribution in [0.3, 0.4) is 0 Å². The van der Waals surface area contributed by atoms with Crippen LogP contribution in [0.15, 0.2) is 48.5 Å². The van der Waals surface area contributed by atoms with Gasteiger partial charge in [-0.05, 0) is 0 Å². The number of esters is 1. The molecule has 7 heteroatoms. The van der Waals surface area contributed by atoms with Gasteiger partial charge in [0.2, 0.25) is 0 Å². The molecule has 0 saturated heterocycles. The van der Waals surface area contributed by atoms with Crippen LogP contribution in [0.25, 0.3) is 0 Å². The number of fused-ring (bicyclic) bond motifs is 6. The molecule has 1 spiro atoms. The average molecular weight is 731 g/mol. The molecule has 5 rings (SSSR count). The molecule has 0 radical (unpaired) electrons. The average Bonchev–Trinajstić information content (AvgIpc) is 2.96. The van der Waals surface area contributed by atoms with Gasteiger partial charge in [0.25, 0.3) is 0 Å².